The zero-order valence-electron chi connectivity index (χ0n) is 5.24. The summed E-state index contributed by atoms with van der Waals surface area (Å²) in [4.78, 5) is 3.79. The molecule has 0 radical (unpaired) electrons. The van der Waals surface area contributed by atoms with Gasteiger partial charge in [-0.15, -0.1) is 0 Å². The van der Waals surface area contributed by atoms with Gasteiger partial charge in [-0.05, 0) is 6.42 Å². The fourth-order valence-electron chi connectivity index (χ4n) is 0.577. The molecule has 0 unspecified atom stereocenters. The fourth-order valence-corrected chi connectivity index (χ4v) is 0.577. The average Bonchev–Trinajstić information content (AvgIpc) is 2.19. The van der Waals surface area contributed by atoms with Gasteiger partial charge >= 0.3 is 20.1 Å². The first-order valence-corrected chi connectivity index (χ1v) is 2.76. The molecule has 0 amide bonds. The molecule has 3 nitrogen and oxygen atoms in total. The van der Waals surface area contributed by atoms with Gasteiger partial charge in [-0.3, -0.25) is 4.68 Å². The van der Waals surface area contributed by atoms with Gasteiger partial charge in [0.2, 0.25) is 0 Å². The SMILES string of the molecule is CCCn1cncn1.[Ir+3]. The van der Waals surface area contributed by atoms with Crippen LogP contribution in [0.2, 0.25) is 0 Å². The maximum Gasteiger partial charge on any atom is 3.00 e. The van der Waals surface area contributed by atoms with Crippen molar-refractivity contribution in [1.82, 2.24) is 14.8 Å². The van der Waals surface area contributed by atoms with E-state index in [1.807, 2.05) is 4.68 Å². The van der Waals surface area contributed by atoms with Crippen molar-refractivity contribution >= 4 is 0 Å². The zero-order chi connectivity index (χ0) is 5.82. The third-order valence-electron chi connectivity index (χ3n) is 0.919. The van der Waals surface area contributed by atoms with Crippen LogP contribution in [0.15, 0.2) is 12.7 Å². The van der Waals surface area contributed by atoms with E-state index in [9.17, 15) is 0 Å². The van der Waals surface area contributed by atoms with Crippen molar-refractivity contribution in [2.75, 3.05) is 0 Å². The first-order chi connectivity index (χ1) is 3.93. The maximum absolute atomic E-state index is 3.91. The predicted octanol–water partition coefficient (Wildman–Crippen LogP) is 0.686. The fraction of sp³-hybridized carbons (Fsp3) is 0.600. The molecule has 0 aromatic carbocycles. The molecule has 0 N–H and O–H groups in total. The number of rotatable bonds is 2. The van der Waals surface area contributed by atoms with Crippen LogP contribution >= 0.6 is 0 Å². The number of nitrogens with zero attached hydrogens (tertiary/aromatic N) is 3. The van der Waals surface area contributed by atoms with E-state index in [1.165, 1.54) is 0 Å². The molecule has 1 heterocycles. The molecule has 1 aromatic heterocycles. The van der Waals surface area contributed by atoms with Gasteiger partial charge in [0.15, 0.2) is 0 Å². The predicted molar refractivity (Wildman–Crippen MR) is 30.3 cm³/mol. The summed E-state index contributed by atoms with van der Waals surface area (Å²) in [6.45, 7) is 3.08. The molecule has 1 aromatic rings. The summed E-state index contributed by atoms with van der Waals surface area (Å²) in [5, 5.41) is 3.91. The van der Waals surface area contributed by atoms with Gasteiger partial charge in [-0.25, -0.2) is 4.98 Å². The Morgan fingerprint density at radius 1 is 1.56 bits per heavy atom. The molecule has 0 saturated carbocycles. The quantitative estimate of drug-likeness (QED) is 0.805. The van der Waals surface area contributed by atoms with Crippen LogP contribution in [0.5, 0.6) is 0 Å². The number of hydrogen-bond acceptors (Lipinski definition) is 2. The van der Waals surface area contributed by atoms with E-state index >= 15 is 0 Å². The molecule has 0 aliphatic rings. The molecule has 0 spiro atoms. The van der Waals surface area contributed by atoms with Gasteiger partial charge in [-0.1, -0.05) is 6.92 Å². The van der Waals surface area contributed by atoms with E-state index in [-0.39, 0.29) is 20.1 Å². The zero-order valence-corrected chi connectivity index (χ0v) is 7.64. The number of aryl methyl sites for hydroxylation is 1. The summed E-state index contributed by atoms with van der Waals surface area (Å²) in [7, 11) is 0. The van der Waals surface area contributed by atoms with Crippen LogP contribution in [0.1, 0.15) is 13.3 Å². The van der Waals surface area contributed by atoms with E-state index in [0.717, 1.165) is 13.0 Å². The van der Waals surface area contributed by atoms with Gasteiger partial charge < -0.3 is 0 Å². The van der Waals surface area contributed by atoms with Gasteiger partial charge in [0.25, 0.3) is 0 Å². The third-order valence-corrected chi connectivity index (χ3v) is 0.919. The average molecular weight is 303 g/mol. The Kier molecular flexibility index (Phi) is 4.54. The van der Waals surface area contributed by atoms with Crippen molar-refractivity contribution in [3.8, 4) is 0 Å². The molecule has 4 heteroatoms. The van der Waals surface area contributed by atoms with Gasteiger partial charge in [-0.2, -0.15) is 5.10 Å². The second-order valence-electron chi connectivity index (χ2n) is 1.66. The Morgan fingerprint density at radius 2 is 2.33 bits per heavy atom. The monoisotopic (exact) mass is 304 g/mol. The molecule has 0 fully saturated rings. The first-order valence-electron chi connectivity index (χ1n) is 2.76. The van der Waals surface area contributed by atoms with E-state index in [4.69, 9.17) is 0 Å². The molecular weight excluding hydrogens is 294 g/mol. The molecule has 0 saturated heterocycles. The second-order valence-corrected chi connectivity index (χ2v) is 1.66. The summed E-state index contributed by atoms with van der Waals surface area (Å²) in [5.74, 6) is 0. The number of aromatic nitrogens is 3. The van der Waals surface area contributed by atoms with Crippen LogP contribution in [0.4, 0.5) is 0 Å². The standard InChI is InChI=1S/C5H9N3.Ir/c1-2-3-8-5-6-4-7-8;/h4-5H,2-3H2,1H3;/q;+3. The summed E-state index contributed by atoms with van der Waals surface area (Å²) in [6, 6.07) is 0. The molecule has 50 valence electrons. The largest absolute Gasteiger partial charge is 3.00 e. The van der Waals surface area contributed by atoms with Crippen molar-refractivity contribution < 1.29 is 20.1 Å². The molecule has 0 aliphatic carbocycles. The van der Waals surface area contributed by atoms with Crippen LogP contribution in [0.3, 0.4) is 0 Å². The topological polar surface area (TPSA) is 30.7 Å². The van der Waals surface area contributed by atoms with Gasteiger partial charge in [0.05, 0.1) is 0 Å². The Morgan fingerprint density at radius 3 is 2.78 bits per heavy atom. The van der Waals surface area contributed by atoms with E-state index in [2.05, 4.69) is 17.0 Å². The van der Waals surface area contributed by atoms with E-state index in [0.29, 0.717) is 0 Å². The minimum absolute atomic E-state index is 0. The second kappa shape index (κ2) is 4.65. The minimum Gasteiger partial charge on any atom is -0.253 e. The van der Waals surface area contributed by atoms with Crippen LogP contribution in [-0.2, 0) is 26.7 Å². The number of hydrogen-bond donors (Lipinski definition) is 0. The van der Waals surface area contributed by atoms with Gasteiger partial charge in [0, 0.05) is 6.54 Å². The molecule has 0 aliphatic heterocycles. The van der Waals surface area contributed by atoms with Crippen LogP contribution in [-0.4, -0.2) is 14.8 Å². The molecule has 0 bridgehead atoms. The summed E-state index contributed by atoms with van der Waals surface area (Å²) in [5.41, 5.74) is 0. The van der Waals surface area contributed by atoms with Crippen LogP contribution in [0.25, 0.3) is 0 Å². The van der Waals surface area contributed by atoms with Crippen molar-refractivity contribution in [2.45, 2.75) is 19.9 Å². The summed E-state index contributed by atoms with van der Waals surface area (Å²) in [6.07, 6.45) is 4.39. The Labute approximate surface area is 67.8 Å². The smallest absolute Gasteiger partial charge is 0.253 e. The minimum atomic E-state index is 0. The van der Waals surface area contributed by atoms with Crippen molar-refractivity contribution in [3.63, 3.8) is 0 Å². The van der Waals surface area contributed by atoms with Crippen molar-refractivity contribution in [3.05, 3.63) is 12.7 Å². The van der Waals surface area contributed by atoms with Gasteiger partial charge in [0.1, 0.15) is 12.7 Å². The Balaban J connectivity index is 0.000000640. The Bertz CT molecular complexity index is 138. The summed E-state index contributed by atoms with van der Waals surface area (Å²) >= 11 is 0. The third kappa shape index (κ3) is 2.72. The maximum atomic E-state index is 3.91. The normalized spacial score (nSPS) is 8.56. The van der Waals surface area contributed by atoms with Crippen LogP contribution in [0, 0.1) is 0 Å². The Hall–Kier alpha value is -0.211. The first kappa shape index (κ1) is 8.79. The molecular formula is C5H9IrN3+3. The van der Waals surface area contributed by atoms with E-state index in [1.54, 1.807) is 12.7 Å². The van der Waals surface area contributed by atoms with Crippen molar-refractivity contribution in [1.29, 1.82) is 0 Å². The molecule has 0 atom stereocenters. The molecule has 9 heavy (non-hydrogen) atoms. The van der Waals surface area contributed by atoms with Crippen molar-refractivity contribution in [2.24, 2.45) is 0 Å². The molecule has 1 rings (SSSR count). The summed E-state index contributed by atoms with van der Waals surface area (Å²) < 4.78 is 1.82. The van der Waals surface area contributed by atoms with Crippen LogP contribution < -0.4 is 0 Å². The van der Waals surface area contributed by atoms with E-state index < -0.39 is 0 Å².